The fourth-order valence-electron chi connectivity index (χ4n) is 2.70. The Kier molecular flexibility index (Phi) is 6.43. The Hall–Kier alpha value is -1.82. The predicted octanol–water partition coefficient (Wildman–Crippen LogP) is 3.13. The van der Waals surface area contributed by atoms with Gasteiger partial charge in [0.2, 0.25) is 5.91 Å². The summed E-state index contributed by atoms with van der Waals surface area (Å²) >= 11 is 1.12. The first-order chi connectivity index (χ1) is 11.4. The second kappa shape index (κ2) is 8.33. The van der Waals surface area contributed by atoms with E-state index in [2.05, 4.69) is 0 Å². The molecule has 1 saturated heterocycles. The van der Waals surface area contributed by atoms with Crippen LogP contribution in [0.5, 0.6) is 0 Å². The molecule has 1 aliphatic rings. The summed E-state index contributed by atoms with van der Waals surface area (Å²) in [7, 11) is 0. The highest BCUT2D eigenvalue weighted by atomic mass is 32.2. The number of hydrogen-bond donors (Lipinski definition) is 0. The number of imide groups is 1. The molecule has 1 fully saturated rings. The van der Waals surface area contributed by atoms with Gasteiger partial charge in [-0.1, -0.05) is 55.9 Å². The van der Waals surface area contributed by atoms with Gasteiger partial charge in [-0.25, -0.2) is 9.69 Å². The zero-order valence-electron chi connectivity index (χ0n) is 14.2. The lowest BCUT2D eigenvalue weighted by Crippen LogP contribution is -2.45. The lowest BCUT2D eigenvalue weighted by molar-refractivity contribution is -0.133. The fraction of sp³-hybridized carbons (Fsp3) is 0.500. The van der Waals surface area contributed by atoms with Crippen LogP contribution in [-0.2, 0) is 20.7 Å². The van der Waals surface area contributed by atoms with Crippen molar-refractivity contribution in [2.45, 2.75) is 33.2 Å². The van der Waals surface area contributed by atoms with E-state index in [1.54, 1.807) is 0 Å². The number of carbonyl (C=O) groups excluding carboxylic acids is 3. The maximum absolute atomic E-state index is 12.9. The quantitative estimate of drug-likeness (QED) is 0.789. The molecule has 0 unspecified atom stereocenters. The van der Waals surface area contributed by atoms with Crippen molar-refractivity contribution >= 4 is 28.9 Å². The maximum atomic E-state index is 12.9. The second-order valence-electron chi connectivity index (χ2n) is 6.28. The number of carbonyl (C=O) groups is 3. The molecule has 2 amide bonds. The molecule has 6 heteroatoms. The van der Waals surface area contributed by atoms with Gasteiger partial charge in [-0.2, -0.15) is 0 Å². The van der Waals surface area contributed by atoms with Gasteiger partial charge >= 0.3 is 6.09 Å². The van der Waals surface area contributed by atoms with E-state index in [0.717, 1.165) is 17.3 Å². The highest BCUT2D eigenvalue weighted by Crippen LogP contribution is 2.25. The molecule has 130 valence electrons. The first kappa shape index (κ1) is 18.5. The molecule has 0 radical (unpaired) electrons. The number of ether oxygens (including phenoxy) is 1. The molecule has 1 aliphatic heterocycles. The number of cyclic esters (lactones) is 1. The molecule has 0 spiro atoms. The van der Waals surface area contributed by atoms with Crippen LogP contribution in [0.3, 0.4) is 0 Å². The monoisotopic (exact) mass is 349 g/mol. The number of amides is 2. The second-order valence-corrected chi connectivity index (χ2v) is 7.48. The van der Waals surface area contributed by atoms with Gasteiger partial charge in [-0.15, -0.1) is 0 Å². The fourth-order valence-corrected chi connectivity index (χ4v) is 3.64. The van der Waals surface area contributed by atoms with Crippen LogP contribution in [-0.4, -0.2) is 40.4 Å². The molecule has 0 aliphatic carbocycles. The van der Waals surface area contributed by atoms with Gasteiger partial charge in [0.15, 0.2) is 5.12 Å². The average Bonchev–Trinajstić information content (AvgIpc) is 2.88. The molecule has 1 aromatic carbocycles. The molecule has 0 bridgehead atoms. The van der Waals surface area contributed by atoms with Crippen molar-refractivity contribution in [3.8, 4) is 0 Å². The van der Waals surface area contributed by atoms with Crippen molar-refractivity contribution in [2.24, 2.45) is 11.8 Å². The number of thioether (sulfide) groups is 1. The van der Waals surface area contributed by atoms with E-state index in [1.165, 1.54) is 11.8 Å². The Balaban J connectivity index is 2.13. The Bertz CT molecular complexity index is 602. The Labute approximate surface area is 146 Å². The van der Waals surface area contributed by atoms with E-state index < -0.39 is 6.09 Å². The van der Waals surface area contributed by atoms with Crippen LogP contribution in [0.2, 0.25) is 0 Å². The standard InChI is InChI=1S/C18H23NO4S/c1-12(2)16(11-24-13(3)20)17(21)19-15(10-23-18(19)22)9-14-7-5-4-6-8-14/h4-8,12,15-16H,9-11H2,1-3H3/t15-,16-/m1/s1. The third-order valence-electron chi connectivity index (χ3n) is 4.10. The minimum absolute atomic E-state index is 0.0294. The SMILES string of the molecule is CC(=O)SC[C@@H](C(=O)N1C(=O)OC[C@H]1Cc1ccccc1)C(C)C. The minimum Gasteiger partial charge on any atom is -0.447 e. The molecule has 0 aromatic heterocycles. The van der Waals surface area contributed by atoms with E-state index in [4.69, 9.17) is 4.74 Å². The number of hydrogen-bond acceptors (Lipinski definition) is 5. The van der Waals surface area contributed by atoms with Crippen molar-refractivity contribution in [3.05, 3.63) is 35.9 Å². The summed E-state index contributed by atoms with van der Waals surface area (Å²) in [6.45, 7) is 5.55. The van der Waals surface area contributed by atoms with Gasteiger partial charge in [0.1, 0.15) is 6.61 Å². The third kappa shape index (κ3) is 4.60. The topological polar surface area (TPSA) is 63.7 Å². The molecule has 2 rings (SSSR count). The van der Waals surface area contributed by atoms with E-state index in [9.17, 15) is 14.4 Å². The summed E-state index contributed by atoms with van der Waals surface area (Å²) in [5, 5.41) is -0.0294. The van der Waals surface area contributed by atoms with Crippen LogP contribution in [0.15, 0.2) is 30.3 Å². The van der Waals surface area contributed by atoms with Gasteiger partial charge in [-0.3, -0.25) is 9.59 Å². The number of rotatable bonds is 6. The predicted molar refractivity (Wildman–Crippen MR) is 93.6 cm³/mol. The highest BCUT2D eigenvalue weighted by Gasteiger charge is 2.41. The normalized spacial score (nSPS) is 18.6. The van der Waals surface area contributed by atoms with Gasteiger partial charge in [0.25, 0.3) is 0 Å². The van der Waals surface area contributed by atoms with Crippen LogP contribution in [0.1, 0.15) is 26.3 Å². The third-order valence-corrected chi connectivity index (χ3v) is 5.03. The zero-order chi connectivity index (χ0) is 17.7. The Morgan fingerprint density at radius 1 is 1.29 bits per heavy atom. The van der Waals surface area contributed by atoms with Gasteiger partial charge < -0.3 is 4.74 Å². The van der Waals surface area contributed by atoms with Gasteiger partial charge in [0, 0.05) is 12.7 Å². The van der Waals surface area contributed by atoms with Crippen molar-refractivity contribution in [1.82, 2.24) is 4.90 Å². The van der Waals surface area contributed by atoms with E-state index in [1.807, 2.05) is 44.2 Å². The van der Waals surface area contributed by atoms with E-state index >= 15 is 0 Å². The summed E-state index contributed by atoms with van der Waals surface area (Å²) < 4.78 is 5.12. The van der Waals surface area contributed by atoms with Crippen LogP contribution in [0.25, 0.3) is 0 Å². The molecule has 0 saturated carbocycles. The maximum Gasteiger partial charge on any atom is 0.416 e. The van der Waals surface area contributed by atoms with Crippen molar-refractivity contribution in [2.75, 3.05) is 12.4 Å². The van der Waals surface area contributed by atoms with Gasteiger partial charge in [-0.05, 0) is 17.9 Å². The smallest absolute Gasteiger partial charge is 0.416 e. The van der Waals surface area contributed by atoms with Crippen LogP contribution >= 0.6 is 11.8 Å². The van der Waals surface area contributed by atoms with E-state index in [-0.39, 0.29) is 35.5 Å². The zero-order valence-corrected chi connectivity index (χ0v) is 15.0. The molecule has 1 aromatic rings. The van der Waals surface area contributed by atoms with Crippen LogP contribution in [0, 0.1) is 11.8 Å². The first-order valence-corrected chi connectivity index (χ1v) is 9.05. The summed E-state index contributed by atoms with van der Waals surface area (Å²) in [6, 6.07) is 9.43. The van der Waals surface area contributed by atoms with Crippen molar-refractivity contribution in [1.29, 1.82) is 0 Å². The number of benzene rings is 1. The molecule has 0 N–H and O–H groups in total. The molecule has 2 atom stereocenters. The van der Waals surface area contributed by atoms with Crippen molar-refractivity contribution < 1.29 is 19.1 Å². The largest absolute Gasteiger partial charge is 0.447 e. The lowest BCUT2D eigenvalue weighted by atomic mass is 9.95. The van der Waals surface area contributed by atoms with Crippen LogP contribution < -0.4 is 0 Å². The minimum atomic E-state index is -0.584. The summed E-state index contributed by atoms with van der Waals surface area (Å²) in [5.41, 5.74) is 1.05. The average molecular weight is 349 g/mol. The molecular formula is C18H23NO4S. The summed E-state index contributed by atoms with van der Waals surface area (Å²) in [4.78, 5) is 37.5. The van der Waals surface area contributed by atoms with Gasteiger partial charge in [0.05, 0.1) is 12.0 Å². The summed E-state index contributed by atoms with van der Waals surface area (Å²) in [6.07, 6.45) is -0.0115. The molecule has 1 heterocycles. The molecule has 24 heavy (non-hydrogen) atoms. The van der Waals surface area contributed by atoms with E-state index in [0.29, 0.717) is 12.2 Å². The Morgan fingerprint density at radius 3 is 2.54 bits per heavy atom. The van der Waals surface area contributed by atoms with Crippen LogP contribution in [0.4, 0.5) is 4.79 Å². The van der Waals surface area contributed by atoms with Crippen molar-refractivity contribution in [3.63, 3.8) is 0 Å². The highest BCUT2D eigenvalue weighted by molar-refractivity contribution is 8.13. The molecule has 5 nitrogen and oxygen atoms in total. The lowest BCUT2D eigenvalue weighted by Gasteiger charge is -2.26. The summed E-state index contributed by atoms with van der Waals surface area (Å²) in [5.74, 6) is -0.214. The Morgan fingerprint density at radius 2 is 1.96 bits per heavy atom. The number of nitrogens with zero attached hydrogens (tertiary/aromatic N) is 1. The first-order valence-electron chi connectivity index (χ1n) is 8.07. The molecular weight excluding hydrogens is 326 g/mol.